The van der Waals surface area contributed by atoms with Crippen molar-refractivity contribution in [3.05, 3.63) is 23.9 Å². The molecule has 0 radical (unpaired) electrons. The van der Waals surface area contributed by atoms with Crippen molar-refractivity contribution in [1.29, 1.82) is 0 Å². The van der Waals surface area contributed by atoms with Crippen LogP contribution in [0.1, 0.15) is 30.3 Å². The maximum Gasteiger partial charge on any atom is 0.261 e. The minimum Gasteiger partial charge on any atom is -0.469 e. The van der Waals surface area contributed by atoms with Crippen molar-refractivity contribution < 1.29 is 8.94 Å². The molecule has 0 amide bonds. The van der Waals surface area contributed by atoms with Gasteiger partial charge >= 0.3 is 0 Å². The smallest absolute Gasteiger partial charge is 0.261 e. The quantitative estimate of drug-likeness (QED) is 0.860. The maximum atomic E-state index is 5.30. The molecule has 1 N–H and O–H groups in total. The van der Waals surface area contributed by atoms with Crippen molar-refractivity contribution in [1.82, 2.24) is 15.5 Å². The molecule has 3 heterocycles. The van der Waals surface area contributed by atoms with Crippen LogP contribution >= 0.6 is 0 Å². The summed E-state index contributed by atoms with van der Waals surface area (Å²) >= 11 is 0. The Morgan fingerprint density at radius 1 is 1.35 bits per heavy atom. The highest BCUT2D eigenvalue weighted by atomic mass is 16.5. The topological polar surface area (TPSA) is 64.1 Å². The van der Waals surface area contributed by atoms with E-state index in [1.165, 1.54) is 0 Å². The summed E-state index contributed by atoms with van der Waals surface area (Å²) in [5, 5.41) is 7.41. The highest BCUT2D eigenvalue weighted by Crippen LogP contribution is 2.27. The first kappa shape index (κ1) is 10.5. The molecule has 0 unspecified atom stereocenters. The van der Waals surface area contributed by atoms with Crippen molar-refractivity contribution in [2.75, 3.05) is 13.1 Å². The molecule has 2 aromatic heterocycles. The minimum atomic E-state index is 0.418. The lowest BCUT2D eigenvalue weighted by molar-refractivity contribution is 0.391. The Morgan fingerprint density at radius 3 is 2.88 bits per heavy atom. The van der Waals surface area contributed by atoms with Gasteiger partial charge in [-0.1, -0.05) is 5.16 Å². The number of hydrogen-bond donors (Lipinski definition) is 1. The normalized spacial score (nSPS) is 17.5. The van der Waals surface area contributed by atoms with Gasteiger partial charge < -0.3 is 14.3 Å². The summed E-state index contributed by atoms with van der Waals surface area (Å²) in [5.41, 5.74) is 0.887. The van der Waals surface area contributed by atoms with Gasteiger partial charge in [-0.2, -0.15) is 4.98 Å². The Kier molecular flexibility index (Phi) is 2.68. The van der Waals surface area contributed by atoms with Crippen molar-refractivity contribution >= 4 is 0 Å². The molecule has 0 atom stereocenters. The van der Waals surface area contributed by atoms with Gasteiger partial charge in [0, 0.05) is 5.92 Å². The molecule has 1 aliphatic heterocycles. The first-order valence-electron chi connectivity index (χ1n) is 5.93. The van der Waals surface area contributed by atoms with Gasteiger partial charge in [-0.25, -0.2) is 0 Å². The van der Waals surface area contributed by atoms with Crippen molar-refractivity contribution in [3.63, 3.8) is 0 Å². The molecule has 5 nitrogen and oxygen atoms in total. The Morgan fingerprint density at radius 2 is 2.18 bits per heavy atom. The van der Waals surface area contributed by atoms with Crippen LogP contribution in [0.4, 0.5) is 0 Å². The van der Waals surface area contributed by atoms with E-state index in [4.69, 9.17) is 8.94 Å². The molecule has 1 saturated heterocycles. The van der Waals surface area contributed by atoms with Crippen molar-refractivity contribution in [2.24, 2.45) is 0 Å². The van der Waals surface area contributed by atoms with E-state index in [2.05, 4.69) is 15.5 Å². The fraction of sp³-hybridized carbons (Fsp3) is 0.500. The maximum absolute atomic E-state index is 5.30. The van der Waals surface area contributed by atoms with Crippen LogP contribution in [0.25, 0.3) is 11.5 Å². The summed E-state index contributed by atoms with van der Waals surface area (Å²) in [4.78, 5) is 4.47. The lowest BCUT2D eigenvalue weighted by atomic mass is 9.98. The number of aryl methyl sites for hydroxylation is 1. The number of hydrogen-bond acceptors (Lipinski definition) is 5. The van der Waals surface area contributed by atoms with Gasteiger partial charge in [-0.15, -0.1) is 0 Å². The molecule has 0 bridgehead atoms. The zero-order chi connectivity index (χ0) is 11.7. The summed E-state index contributed by atoms with van der Waals surface area (Å²) in [6.45, 7) is 3.95. The lowest BCUT2D eigenvalue weighted by Gasteiger charge is -2.18. The summed E-state index contributed by atoms with van der Waals surface area (Å²) < 4.78 is 10.5. The van der Waals surface area contributed by atoms with E-state index in [0.717, 1.165) is 43.1 Å². The summed E-state index contributed by atoms with van der Waals surface area (Å²) in [5.74, 6) is 2.61. The standard InChI is InChI=1S/C12H15N3O2/c1-8-10(4-7-16-8)12-14-11(15-17-12)9-2-5-13-6-3-9/h4,7,9,13H,2-3,5-6H2,1H3. The Bertz CT molecular complexity index is 497. The second-order valence-electron chi connectivity index (χ2n) is 4.37. The van der Waals surface area contributed by atoms with E-state index < -0.39 is 0 Å². The van der Waals surface area contributed by atoms with E-state index in [0.29, 0.717) is 11.8 Å². The summed E-state index contributed by atoms with van der Waals surface area (Å²) in [7, 11) is 0. The summed E-state index contributed by atoms with van der Waals surface area (Å²) in [6, 6.07) is 1.86. The molecule has 3 rings (SSSR count). The van der Waals surface area contributed by atoms with Gasteiger partial charge in [-0.3, -0.25) is 0 Å². The molecule has 0 spiro atoms. The molecular weight excluding hydrogens is 218 g/mol. The SMILES string of the molecule is Cc1occc1-c1nc(C2CCNCC2)no1. The number of rotatable bonds is 2. The van der Waals surface area contributed by atoms with Crippen LogP contribution in [0.2, 0.25) is 0 Å². The number of piperidine rings is 1. The van der Waals surface area contributed by atoms with Crippen molar-refractivity contribution in [3.8, 4) is 11.5 Å². The Labute approximate surface area is 99.2 Å². The molecule has 90 valence electrons. The molecule has 1 fully saturated rings. The van der Waals surface area contributed by atoms with E-state index in [9.17, 15) is 0 Å². The minimum absolute atomic E-state index is 0.418. The zero-order valence-corrected chi connectivity index (χ0v) is 9.77. The van der Waals surface area contributed by atoms with Gasteiger partial charge in [0.15, 0.2) is 5.82 Å². The summed E-state index contributed by atoms with van der Waals surface area (Å²) in [6.07, 6.45) is 3.78. The largest absolute Gasteiger partial charge is 0.469 e. The number of aromatic nitrogens is 2. The second kappa shape index (κ2) is 4.33. The second-order valence-corrected chi connectivity index (χ2v) is 4.37. The fourth-order valence-electron chi connectivity index (χ4n) is 2.20. The van der Waals surface area contributed by atoms with Crippen LogP contribution in [0.5, 0.6) is 0 Å². The van der Waals surface area contributed by atoms with E-state index in [1.54, 1.807) is 6.26 Å². The van der Waals surface area contributed by atoms with Crippen LogP contribution in [0.15, 0.2) is 21.3 Å². The first-order chi connectivity index (χ1) is 8.34. The molecule has 0 saturated carbocycles. The predicted molar refractivity (Wildman–Crippen MR) is 61.6 cm³/mol. The zero-order valence-electron chi connectivity index (χ0n) is 9.77. The average Bonchev–Trinajstić information content (AvgIpc) is 2.98. The molecule has 0 aliphatic carbocycles. The predicted octanol–water partition coefficient (Wildman–Crippen LogP) is 2.11. The number of furan rings is 1. The average molecular weight is 233 g/mol. The first-order valence-corrected chi connectivity index (χ1v) is 5.93. The number of nitrogens with zero attached hydrogens (tertiary/aromatic N) is 2. The molecule has 0 aromatic carbocycles. The van der Waals surface area contributed by atoms with Crippen LogP contribution in [-0.2, 0) is 0 Å². The Balaban J connectivity index is 1.85. The van der Waals surface area contributed by atoms with Gasteiger partial charge in [-0.05, 0) is 38.9 Å². The van der Waals surface area contributed by atoms with Gasteiger partial charge in [0.1, 0.15) is 5.76 Å². The molecule has 2 aromatic rings. The third-order valence-electron chi connectivity index (χ3n) is 3.24. The van der Waals surface area contributed by atoms with Gasteiger partial charge in [0.05, 0.1) is 11.8 Å². The van der Waals surface area contributed by atoms with Gasteiger partial charge in [0.25, 0.3) is 5.89 Å². The van der Waals surface area contributed by atoms with E-state index >= 15 is 0 Å². The van der Waals surface area contributed by atoms with Crippen LogP contribution in [0, 0.1) is 6.92 Å². The molecular formula is C12H15N3O2. The number of nitrogens with one attached hydrogen (secondary N) is 1. The van der Waals surface area contributed by atoms with Crippen LogP contribution in [-0.4, -0.2) is 23.2 Å². The monoisotopic (exact) mass is 233 g/mol. The molecule has 1 aliphatic rings. The third-order valence-corrected chi connectivity index (χ3v) is 3.24. The fourth-order valence-corrected chi connectivity index (χ4v) is 2.20. The van der Waals surface area contributed by atoms with Crippen LogP contribution in [0.3, 0.4) is 0 Å². The lowest BCUT2D eigenvalue weighted by Crippen LogP contribution is -2.27. The third kappa shape index (κ3) is 1.98. The van der Waals surface area contributed by atoms with E-state index in [1.807, 2.05) is 13.0 Å². The van der Waals surface area contributed by atoms with E-state index in [-0.39, 0.29) is 0 Å². The Hall–Kier alpha value is -1.62. The highest BCUT2D eigenvalue weighted by Gasteiger charge is 2.22. The van der Waals surface area contributed by atoms with Crippen LogP contribution < -0.4 is 5.32 Å². The van der Waals surface area contributed by atoms with Gasteiger partial charge in [0.2, 0.25) is 0 Å². The van der Waals surface area contributed by atoms with Crippen molar-refractivity contribution in [2.45, 2.75) is 25.7 Å². The molecule has 5 heteroatoms. The molecule has 17 heavy (non-hydrogen) atoms. The highest BCUT2D eigenvalue weighted by molar-refractivity contribution is 5.54.